The minimum absolute atomic E-state index is 0.0688. The van der Waals surface area contributed by atoms with Gasteiger partial charge in [0.15, 0.2) is 6.29 Å². The summed E-state index contributed by atoms with van der Waals surface area (Å²) < 4.78 is 0. The number of aldehydes is 1. The predicted molar refractivity (Wildman–Crippen MR) is 51.5 cm³/mol. The van der Waals surface area contributed by atoms with E-state index in [1.807, 2.05) is 13.8 Å². The average Bonchev–Trinajstić information content (AvgIpc) is 2.02. The molecule has 0 saturated heterocycles. The van der Waals surface area contributed by atoms with Gasteiger partial charge in [-0.15, -0.1) is 0 Å². The normalized spacial score (nSPS) is 10.5. The topological polar surface area (TPSA) is 42.9 Å². The van der Waals surface area contributed by atoms with E-state index in [9.17, 15) is 4.79 Å². The molecule has 0 atom stereocenters. The zero-order valence-electron chi connectivity index (χ0n) is 7.21. The number of aromatic nitrogens is 2. The first-order chi connectivity index (χ1) is 6.06. The molecule has 0 radical (unpaired) electrons. The quantitative estimate of drug-likeness (QED) is 0.436. The van der Waals surface area contributed by atoms with Crippen LogP contribution in [0.25, 0.3) is 0 Å². The highest BCUT2D eigenvalue weighted by molar-refractivity contribution is 6.33. The summed E-state index contributed by atoms with van der Waals surface area (Å²) in [7, 11) is 0. The first kappa shape index (κ1) is 10.4. The van der Waals surface area contributed by atoms with E-state index in [1.54, 1.807) is 0 Å². The highest BCUT2D eigenvalue weighted by atomic mass is 35.5. The van der Waals surface area contributed by atoms with Gasteiger partial charge in [0, 0.05) is 0 Å². The third-order valence-electron chi connectivity index (χ3n) is 1.57. The second-order valence-corrected chi connectivity index (χ2v) is 3.55. The number of carbonyl (C=O) groups is 1. The molecule has 0 amide bonds. The van der Waals surface area contributed by atoms with E-state index in [4.69, 9.17) is 23.2 Å². The Hall–Kier alpha value is -0.670. The number of hydrogen-bond donors (Lipinski definition) is 0. The Morgan fingerprint density at radius 1 is 1.31 bits per heavy atom. The molecule has 0 spiro atoms. The standard InChI is InChI=1S/C8H8Cl2N2O/c1-4(2)6-5(3-13)7(9)12-8(10)11-6/h3-4H,1-2H3. The van der Waals surface area contributed by atoms with Crippen molar-refractivity contribution in [1.29, 1.82) is 0 Å². The van der Waals surface area contributed by atoms with Crippen LogP contribution < -0.4 is 0 Å². The van der Waals surface area contributed by atoms with E-state index in [2.05, 4.69) is 9.97 Å². The maximum absolute atomic E-state index is 10.7. The SMILES string of the molecule is CC(C)c1nc(Cl)nc(Cl)c1C=O. The fourth-order valence-corrected chi connectivity index (χ4v) is 1.42. The summed E-state index contributed by atoms with van der Waals surface area (Å²) in [6.45, 7) is 3.81. The van der Waals surface area contributed by atoms with Crippen molar-refractivity contribution in [1.82, 2.24) is 9.97 Å². The van der Waals surface area contributed by atoms with Crippen molar-refractivity contribution in [3.05, 3.63) is 21.7 Å². The minimum Gasteiger partial charge on any atom is -0.298 e. The lowest BCUT2D eigenvalue weighted by Gasteiger charge is -2.07. The van der Waals surface area contributed by atoms with E-state index < -0.39 is 0 Å². The molecule has 0 unspecified atom stereocenters. The summed E-state index contributed by atoms with van der Waals surface area (Å²) in [4.78, 5) is 18.3. The van der Waals surface area contributed by atoms with Crippen LogP contribution in [0.3, 0.4) is 0 Å². The first-order valence-electron chi connectivity index (χ1n) is 3.74. The maximum Gasteiger partial charge on any atom is 0.224 e. The van der Waals surface area contributed by atoms with Crippen molar-refractivity contribution in [2.45, 2.75) is 19.8 Å². The number of rotatable bonds is 2. The van der Waals surface area contributed by atoms with Gasteiger partial charge in [-0.05, 0) is 17.5 Å². The Kier molecular flexibility index (Phi) is 3.22. The molecule has 13 heavy (non-hydrogen) atoms. The van der Waals surface area contributed by atoms with Gasteiger partial charge in [0.05, 0.1) is 11.3 Å². The van der Waals surface area contributed by atoms with E-state index in [0.717, 1.165) is 0 Å². The zero-order valence-corrected chi connectivity index (χ0v) is 8.73. The molecule has 0 aliphatic rings. The molecule has 0 aromatic carbocycles. The first-order valence-corrected chi connectivity index (χ1v) is 4.50. The minimum atomic E-state index is 0.0688. The molecule has 0 N–H and O–H groups in total. The van der Waals surface area contributed by atoms with E-state index in [-0.39, 0.29) is 16.4 Å². The Balaban J connectivity index is 3.38. The van der Waals surface area contributed by atoms with Gasteiger partial charge in [0.1, 0.15) is 5.15 Å². The van der Waals surface area contributed by atoms with Crippen molar-refractivity contribution < 1.29 is 4.79 Å². The van der Waals surface area contributed by atoms with Gasteiger partial charge in [0.25, 0.3) is 0 Å². The lowest BCUT2D eigenvalue weighted by atomic mass is 10.1. The van der Waals surface area contributed by atoms with Gasteiger partial charge in [-0.1, -0.05) is 25.4 Å². The van der Waals surface area contributed by atoms with Crippen LogP contribution in [0.15, 0.2) is 0 Å². The van der Waals surface area contributed by atoms with Crippen LogP contribution in [0, 0.1) is 0 Å². The summed E-state index contributed by atoms with van der Waals surface area (Å²) >= 11 is 11.3. The Morgan fingerprint density at radius 2 is 1.92 bits per heavy atom. The highest BCUT2D eigenvalue weighted by Gasteiger charge is 2.13. The highest BCUT2D eigenvalue weighted by Crippen LogP contribution is 2.22. The molecular weight excluding hydrogens is 211 g/mol. The van der Waals surface area contributed by atoms with Gasteiger partial charge in [0.2, 0.25) is 5.28 Å². The van der Waals surface area contributed by atoms with Crippen molar-refractivity contribution in [2.75, 3.05) is 0 Å². The molecule has 1 rings (SSSR count). The Labute approximate surface area is 86.1 Å². The molecule has 0 aliphatic heterocycles. The molecule has 1 heterocycles. The summed E-state index contributed by atoms with van der Waals surface area (Å²) in [5.74, 6) is 0.0956. The van der Waals surface area contributed by atoms with Crippen LogP contribution in [-0.4, -0.2) is 16.3 Å². The second kappa shape index (κ2) is 4.03. The van der Waals surface area contributed by atoms with Crippen molar-refractivity contribution >= 4 is 29.5 Å². The molecule has 0 bridgehead atoms. The van der Waals surface area contributed by atoms with Crippen molar-refractivity contribution in [3.63, 3.8) is 0 Å². The van der Waals surface area contributed by atoms with Gasteiger partial charge >= 0.3 is 0 Å². The van der Waals surface area contributed by atoms with Gasteiger partial charge < -0.3 is 0 Å². The summed E-state index contributed by atoms with van der Waals surface area (Å²) in [6, 6.07) is 0. The van der Waals surface area contributed by atoms with E-state index >= 15 is 0 Å². The third kappa shape index (κ3) is 2.17. The molecule has 0 aliphatic carbocycles. The van der Waals surface area contributed by atoms with Crippen LogP contribution in [0.1, 0.15) is 35.8 Å². The van der Waals surface area contributed by atoms with E-state index in [1.165, 1.54) is 0 Å². The van der Waals surface area contributed by atoms with E-state index in [0.29, 0.717) is 17.5 Å². The summed E-state index contributed by atoms with van der Waals surface area (Å²) in [6.07, 6.45) is 0.647. The maximum atomic E-state index is 10.7. The number of hydrogen-bond acceptors (Lipinski definition) is 3. The number of carbonyl (C=O) groups excluding carboxylic acids is 1. The van der Waals surface area contributed by atoms with Crippen LogP contribution in [0.4, 0.5) is 0 Å². The molecule has 1 aromatic heterocycles. The summed E-state index contributed by atoms with van der Waals surface area (Å²) in [5, 5.41) is 0.179. The van der Waals surface area contributed by atoms with Gasteiger partial charge in [-0.2, -0.15) is 0 Å². The molecule has 3 nitrogen and oxygen atoms in total. The third-order valence-corrected chi connectivity index (χ3v) is 2.02. The lowest BCUT2D eigenvalue weighted by molar-refractivity contribution is 0.112. The molecule has 70 valence electrons. The molecular formula is C8H8Cl2N2O. The average molecular weight is 219 g/mol. The van der Waals surface area contributed by atoms with Crippen LogP contribution in [0.2, 0.25) is 10.4 Å². The number of halogens is 2. The second-order valence-electron chi connectivity index (χ2n) is 2.85. The smallest absolute Gasteiger partial charge is 0.224 e. The van der Waals surface area contributed by atoms with Crippen LogP contribution in [-0.2, 0) is 0 Å². The van der Waals surface area contributed by atoms with Gasteiger partial charge in [-0.3, -0.25) is 4.79 Å². The Bertz CT molecular complexity index is 339. The zero-order chi connectivity index (χ0) is 10.0. The molecule has 0 saturated carbocycles. The van der Waals surface area contributed by atoms with Gasteiger partial charge in [-0.25, -0.2) is 9.97 Å². The van der Waals surface area contributed by atoms with Crippen LogP contribution in [0.5, 0.6) is 0 Å². The fourth-order valence-electron chi connectivity index (χ4n) is 0.981. The fraction of sp³-hybridized carbons (Fsp3) is 0.375. The van der Waals surface area contributed by atoms with Crippen LogP contribution >= 0.6 is 23.2 Å². The molecule has 0 fully saturated rings. The molecule has 5 heteroatoms. The van der Waals surface area contributed by atoms with Crippen molar-refractivity contribution in [2.24, 2.45) is 0 Å². The lowest BCUT2D eigenvalue weighted by Crippen LogP contribution is -2.02. The largest absolute Gasteiger partial charge is 0.298 e. The predicted octanol–water partition coefficient (Wildman–Crippen LogP) is 2.72. The molecule has 1 aromatic rings. The summed E-state index contributed by atoms with van der Waals surface area (Å²) in [5.41, 5.74) is 0.904. The monoisotopic (exact) mass is 218 g/mol. The number of nitrogens with zero attached hydrogens (tertiary/aromatic N) is 2. The Morgan fingerprint density at radius 3 is 2.38 bits per heavy atom. The van der Waals surface area contributed by atoms with Crippen molar-refractivity contribution in [3.8, 4) is 0 Å².